The number of amides is 1. The van der Waals surface area contributed by atoms with Crippen molar-refractivity contribution in [2.75, 3.05) is 50.0 Å². The smallest absolute Gasteiger partial charge is 0.410 e. The van der Waals surface area contributed by atoms with Crippen molar-refractivity contribution in [1.29, 1.82) is 0 Å². The molecule has 25 heavy (non-hydrogen) atoms. The maximum Gasteiger partial charge on any atom is 0.410 e. The number of nitrogens with two attached hydrogens (primary N) is 1. The van der Waals surface area contributed by atoms with Crippen LogP contribution in [0, 0.1) is 0 Å². The predicted octanol–water partition coefficient (Wildman–Crippen LogP) is 2.10. The number of anilines is 2. The van der Waals surface area contributed by atoms with Crippen molar-refractivity contribution < 1.29 is 19.0 Å². The number of piperazine rings is 1. The van der Waals surface area contributed by atoms with Gasteiger partial charge in [0.15, 0.2) is 0 Å². The number of hydrogen-bond donors (Lipinski definition) is 1. The van der Waals surface area contributed by atoms with Crippen molar-refractivity contribution in [3.8, 4) is 5.75 Å². The van der Waals surface area contributed by atoms with Gasteiger partial charge in [-0.1, -0.05) is 0 Å². The molecule has 0 aliphatic carbocycles. The summed E-state index contributed by atoms with van der Waals surface area (Å²) >= 11 is 0. The van der Waals surface area contributed by atoms with Gasteiger partial charge in [-0.2, -0.15) is 0 Å². The van der Waals surface area contributed by atoms with Crippen LogP contribution in [-0.2, 0) is 9.47 Å². The summed E-state index contributed by atoms with van der Waals surface area (Å²) in [6, 6.07) is 5.84. The first-order valence-corrected chi connectivity index (χ1v) is 8.68. The Balaban J connectivity index is 1.55. The molecule has 0 radical (unpaired) electrons. The fourth-order valence-electron chi connectivity index (χ4n) is 2.78. The average Bonchev–Trinajstić information content (AvgIpc) is 2.50. The number of carbonyl (C=O) groups is 1. The van der Waals surface area contributed by atoms with Crippen LogP contribution >= 0.6 is 0 Å². The molecular weight excluding hydrogens is 322 g/mol. The van der Waals surface area contributed by atoms with Gasteiger partial charge in [-0.25, -0.2) is 4.79 Å². The van der Waals surface area contributed by atoms with Gasteiger partial charge in [0, 0.05) is 31.9 Å². The van der Waals surface area contributed by atoms with Crippen molar-refractivity contribution in [1.82, 2.24) is 4.90 Å². The lowest BCUT2D eigenvalue weighted by atomic mass is 10.2. The summed E-state index contributed by atoms with van der Waals surface area (Å²) in [5.74, 6) is 0.699. The van der Waals surface area contributed by atoms with E-state index in [1.807, 2.05) is 39.0 Å². The molecule has 7 heteroatoms. The molecule has 2 saturated heterocycles. The molecule has 0 atom stereocenters. The fraction of sp³-hybridized carbons (Fsp3) is 0.611. The van der Waals surface area contributed by atoms with Gasteiger partial charge >= 0.3 is 6.09 Å². The van der Waals surface area contributed by atoms with Gasteiger partial charge in [0.05, 0.1) is 18.9 Å². The summed E-state index contributed by atoms with van der Waals surface area (Å²) in [5.41, 5.74) is 7.32. The Morgan fingerprint density at radius 1 is 1.20 bits per heavy atom. The van der Waals surface area contributed by atoms with Crippen LogP contribution in [0.4, 0.5) is 16.2 Å². The standard InChI is InChI=1S/C18H27N3O4/c1-18(2,3)25-17(22)21-8-6-20(7-9-21)13-4-5-16(15(19)10-13)24-14-11-23-12-14/h4-5,10,14H,6-9,11-12,19H2,1-3H3. The summed E-state index contributed by atoms with van der Waals surface area (Å²) in [6.45, 7) is 9.63. The zero-order valence-electron chi connectivity index (χ0n) is 15.2. The van der Waals surface area contributed by atoms with E-state index >= 15 is 0 Å². The third-order valence-corrected chi connectivity index (χ3v) is 4.19. The van der Waals surface area contributed by atoms with Gasteiger partial charge < -0.3 is 29.7 Å². The van der Waals surface area contributed by atoms with Crippen LogP contribution in [0.1, 0.15) is 20.8 Å². The third kappa shape index (κ3) is 4.48. The molecule has 0 unspecified atom stereocenters. The highest BCUT2D eigenvalue weighted by atomic mass is 16.6. The van der Waals surface area contributed by atoms with E-state index < -0.39 is 5.60 Å². The molecule has 2 heterocycles. The van der Waals surface area contributed by atoms with Crippen LogP contribution in [-0.4, -0.2) is 62.1 Å². The second-order valence-electron chi connectivity index (χ2n) is 7.45. The van der Waals surface area contributed by atoms with Crippen LogP contribution in [0.5, 0.6) is 5.75 Å². The maximum atomic E-state index is 12.1. The Hall–Kier alpha value is -2.15. The quantitative estimate of drug-likeness (QED) is 0.842. The van der Waals surface area contributed by atoms with E-state index in [-0.39, 0.29) is 12.2 Å². The second-order valence-corrected chi connectivity index (χ2v) is 7.45. The van der Waals surface area contributed by atoms with E-state index in [2.05, 4.69) is 4.90 Å². The molecule has 0 saturated carbocycles. The van der Waals surface area contributed by atoms with Crippen LogP contribution < -0.4 is 15.4 Å². The van der Waals surface area contributed by atoms with Crippen molar-refractivity contribution in [3.05, 3.63) is 18.2 Å². The highest BCUT2D eigenvalue weighted by Crippen LogP contribution is 2.29. The number of nitrogens with zero attached hydrogens (tertiary/aromatic N) is 2. The number of carbonyl (C=O) groups excluding carboxylic acids is 1. The van der Waals surface area contributed by atoms with Gasteiger partial charge in [0.2, 0.25) is 0 Å². The Morgan fingerprint density at radius 3 is 2.40 bits per heavy atom. The minimum absolute atomic E-state index is 0.102. The lowest BCUT2D eigenvalue weighted by Gasteiger charge is -2.37. The van der Waals surface area contributed by atoms with Crippen LogP contribution in [0.15, 0.2) is 18.2 Å². The Morgan fingerprint density at radius 2 is 1.88 bits per heavy atom. The first kappa shape index (κ1) is 17.7. The molecule has 2 fully saturated rings. The van der Waals surface area contributed by atoms with E-state index in [0.29, 0.717) is 37.7 Å². The highest BCUT2D eigenvalue weighted by molar-refractivity contribution is 5.69. The average molecular weight is 349 g/mol. The predicted molar refractivity (Wildman–Crippen MR) is 96.1 cm³/mol. The number of benzene rings is 1. The largest absolute Gasteiger partial charge is 0.483 e. The van der Waals surface area contributed by atoms with Crippen LogP contribution in [0.3, 0.4) is 0 Å². The molecule has 0 bridgehead atoms. The molecule has 1 aromatic rings. The third-order valence-electron chi connectivity index (χ3n) is 4.19. The van der Waals surface area contributed by atoms with E-state index in [0.717, 1.165) is 18.8 Å². The SMILES string of the molecule is CC(C)(C)OC(=O)N1CCN(c2ccc(OC3COC3)c(N)c2)CC1. The second kappa shape index (κ2) is 7.00. The molecule has 0 aromatic heterocycles. The summed E-state index contributed by atoms with van der Waals surface area (Å²) in [7, 11) is 0. The topological polar surface area (TPSA) is 77.3 Å². The molecule has 2 aliphatic heterocycles. The molecule has 7 nitrogen and oxygen atoms in total. The lowest BCUT2D eigenvalue weighted by Crippen LogP contribution is -2.50. The first-order valence-electron chi connectivity index (χ1n) is 8.68. The van der Waals surface area contributed by atoms with Crippen molar-refractivity contribution in [2.24, 2.45) is 0 Å². The van der Waals surface area contributed by atoms with Gasteiger partial charge in [-0.05, 0) is 39.0 Å². The van der Waals surface area contributed by atoms with Gasteiger partial charge in [-0.15, -0.1) is 0 Å². The Kier molecular flexibility index (Phi) is 4.94. The van der Waals surface area contributed by atoms with Crippen molar-refractivity contribution >= 4 is 17.5 Å². The normalized spacial score (nSPS) is 18.7. The molecule has 2 N–H and O–H groups in total. The van der Waals surface area contributed by atoms with Crippen molar-refractivity contribution in [3.63, 3.8) is 0 Å². The molecule has 0 spiro atoms. The van der Waals surface area contributed by atoms with E-state index in [1.54, 1.807) is 4.90 Å². The number of nitrogen functional groups attached to an aromatic ring is 1. The number of hydrogen-bond acceptors (Lipinski definition) is 6. The van der Waals surface area contributed by atoms with E-state index in [9.17, 15) is 4.79 Å². The molecule has 1 aromatic carbocycles. The molecular formula is C18H27N3O4. The molecule has 138 valence electrons. The van der Waals surface area contributed by atoms with E-state index in [4.69, 9.17) is 19.9 Å². The zero-order chi connectivity index (χ0) is 18.0. The minimum Gasteiger partial charge on any atom is -0.483 e. The first-order chi connectivity index (χ1) is 11.8. The van der Waals surface area contributed by atoms with E-state index in [1.165, 1.54) is 0 Å². The van der Waals surface area contributed by atoms with Gasteiger partial charge in [-0.3, -0.25) is 0 Å². The van der Waals surface area contributed by atoms with Crippen LogP contribution in [0.2, 0.25) is 0 Å². The summed E-state index contributed by atoms with van der Waals surface area (Å²) in [5, 5.41) is 0. The van der Waals surface area contributed by atoms with Gasteiger partial charge in [0.25, 0.3) is 0 Å². The number of ether oxygens (including phenoxy) is 3. The van der Waals surface area contributed by atoms with Crippen LogP contribution in [0.25, 0.3) is 0 Å². The van der Waals surface area contributed by atoms with Crippen molar-refractivity contribution in [2.45, 2.75) is 32.5 Å². The lowest BCUT2D eigenvalue weighted by molar-refractivity contribution is -0.0793. The summed E-state index contributed by atoms with van der Waals surface area (Å²) in [6.07, 6.45) is -0.149. The minimum atomic E-state index is -0.468. The zero-order valence-corrected chi connectivity index (χ0v) is 15.2. The summed E-state index contributed by atoms with van der Waals surface area (Å²) in [4.78, 5) is 16.1. The molecule has 1 amide bonds. The molecule has 2 aliphatic rings. The molecule has 3 rings (SSSR count). The number of rotatable bonds is 3. The monoisotopic (exact) mass is 349 g/mol. The highest BCUT2D eigenvalue weighted by Gasteiger charge is 2.26. The van der Waals surface area contributed by atoms with Gasteiger partial charge in [0.1, 0.15) is 17.5 Å². The Bertz CT molecular complexity index is 617. The Labute approximate surface area is 148 Å². The summed E-state index contributed by atoms with van der Waals surface area (Å²) < 4.78 is 16.3. The maximum absolute atomic E-state index is 12.1. The fourth-order valence-corrected chi connectivity index (χ4v) is 2.78.